The Bertz CT molecular complexity index is 683. The predicted octanol–water partition coefficient (Wildman–Crippen LogP) is 4.61. The molecular formula is C20H23NO. The topological polar surface area (TPSA) is 33.0 Å². The van der Waals surface area contributed by atoms with E-state index in [4.69, 9.17) is 4.74 Å². The van der Waals surface area contributed by atoms with Crippen molar-refractivity contribution in [2.45, 2.75) is 44.9 Å². The number of hydrogen-bond acceptors (Lipinski definition) is 2. The highest BCUT2D eigenvalue weighted by Gasteiger charge is 2.51. The first-order valence-corrected chi connectivity index (χ1v) is 8.45. The fourth-order valence-corrected chi connectivity index (χ4v) is 5.43. The van der Waals surface area contributed by atoms with E-state index in [0.29, 0.717) is 11.8 Å². The van der Waals surface area contributed by atoms with Crippen LogP contribution in [0.4, 0.5) is 0 Å². The van der Waals surface area contributed by atoms with E-state index in [0.717, 1.165) is 36.5 Å². The van der Waals surface area contributed by atoms with Gasteiger partial charge in [0.2, 0.25) is 0 Å². The smallest absolute Gasteiger partial charge is 0.119 e. The van der Waals surface area contributed by atoms with E-state index in [9.17, 15) is 5.26 Å². The number of ether oxygens (including phenoxy) is 1. The molecule has 0 spiro atoms. The van der Waals surface area contributed by atoms with Crippen LogP contribution in [0.25, 0.3) is 0 Å². The third-order valence-electron chi connectivity index (χ3n) is 6.63. The lowest BCUT2D eigenvalue weighted by Crippen LogP contribution is -2.41. The minimum Gasteiger partial charge on any atom is -0.497 e. The molecule has 2 nitrogen and oxygen atoms in total. The number of methoxy groups -OCH3 is 1. The third kappa shape index (κ3) is 1.78. The lowest BCUT2D eigenvalue weighted by Gasteiger charge is -2.49. The van der Waals surface area contributed by atoms with Gasteiger partial charge in [0.25, 0.3) is 0 Å². The lowest BCUT2D eigenvalue weighted by molar-refractivity contribution is 0.0779. The number of allylic oxidation sites excluding steroid dienone is 2. The predicted molar refractivity (Wildman–Crippen MR) is 86.7 cm³/mol. The Kier molecular flexibility index (Phi) is 3.08. The van der Waals surface area contributed by atoms with E-state index in [1.807, 2.05) is 0 Å². The normalized spacial score (nSPS) is 35.7. The molecule has 0 N–H and O–H groups in total. The first kappa shape index (κ1) is 13.9. The summed E-state index contributed by atoms with van der Waals surface area (Å²) in [5.74, 6) is 3.06. The second-order valence-electron chi connectivity index (χ2n) is 7.40. The molecule has 114 valence electrons. The average Bonchev–Trinajstić information content (AvgIpc) is 2.90. The zero-order valence-corrected chi connectivity index (χ0v) is 13.4. The molecule has 1 aromatic rings. The molecule has 0 radical (unpaired) electrons. The van der Waals surface area contributed by atoms with Crippen molar-refractivity contribution in [3.05, 3.63) is 41.0 Å². The van der Waals surface area contributed by atoms with Crippen LogP contribution < -0.4 is 4.74 Å². The Morgan fingerprint density at radius 1 is 1.32 bits per heavy atom. The van der Waals surface area contributed by atoms with Gasteiger partial charge in [-0.15, -0.1) is 0 Å². The number of nitriles is 1. The van der Waals surface area contributed by atoms with E-state index in [1.165, 1.54) is 18.4 Å². The van der Waals surface area contributed by atoms with Crippen LogP contribution in [0.3, 0.4) is 0 Å². The van der Waals surface area contributed by atoms with Crippen molar-refractivity contribution in [3.63, 3.8) is 0 Å². The van der Waals surface area contributed by atoms with Gasteiger partial charge >= 0.3 is 0 Å². The summed E-state index contributed by atoms with van der Waals surface area (Å²) in [5.41, 5.74) is 4.22. The average molecular weight is 293 g/mol. The summed E-state index contributed by atoms with van der Waals surface area (Å²) in [6.45, 7) is 2.33. The number of nitrogens with zero attached hydrogens (tertiary/aromatic N) is 1. The van der Waals surface area contributed by atoms with Gasteiger partial charge in [-0.2, -0.15) is 5.26 Å². The van der Waals surface area contributed by atoms with Crippen LogP contribution in [0, 0.1) is 28.6 Å². The summed E-state index contributed by atoms with van der Waals surface area (Å²) < 4.78 is 5.39. The molecule has 4 atom stereocenters. The minimum absolute atomic E-state index is 0.139. The van der Waals surface area contributed by atoms with Crippen molar-refractivity contribution in [1.82, 2.24) is 0 Å². The van der Waals surface area contributed by atoms with Gasteiger partial charge in [0.1, 0.15) is 5.75 Å². The molecule has 1 saturated carbocycles. The molecule has 1 fully saturated rings. The lowest BCUT2D eigenvalue weighted by atomic mass is 9.54. The first-order chi connectivity index (χ1) is 10.7. The van der Waals surface area contributed by atoms with Crippen molar-refractivity contribution in [2.75, 3.05) is 7.11 Å². The molecule has 0 saturated heterocycles. The second kappa shape index (κ2) is 4.88. The molecule has 4 rings (SSSR count). The molecule has 0 bridgehead atoms. The Morgan fingerprint density at radius 2 is 2.18 bits per heavy atom. The van der Waals surface area contributed by atoms with Gasteiger partial charge in [0.15, 0.2) is 0 Å². The van der Waals surface area contributed by atoms with E-state index in [1.54, 1.807) is 12.7 Å². The van der Waals surface area contributed by atoms with Crippen LogP contribution in [-0.4, -0.2) is 7.11 Å². The Labute approximate surface area is 132 Å². The molecule has 0 aromatic heterocycles. The summed E-state index contributed by atoms with van der Waals surface area (Å²) in [6.07, 6.45) is 8.11. The van der Waals surface area contributed by atoms with Crippen LogP contribution >= 0.6 is 0 Å². The quantitative estimate of drug-likeness (QED) is 0.757. The molecule has 3 aliphatic carbocycles. The van der Waals surface area contributed by atoms with Crippen molar-refractivity contribution < 1.29 is 4.74 Å². The number of hydrogen-bond donors (Lipinski definition) is 0. The van der Waals surface area contributed by atoms with Gasteiger partial charge in [-0.05, 0) is 73.1 Å². The SMILES string of the molecule is COc1ccc2c(c1)CC[C@@H]1[C@@H]2CC[C@@]2(C)C(C#N)=CC[C@@H]12. The highest BCUT2D eigenvalue weighted by atomic mass is 16.5. The van der Waals surface area contributed by atoms with Crippen molar-refractivity contribution in [3.8, 4) is 11.8 Å². The maximum Gasteiger partial charge on any atom is 0.119 e. The fourth-order valence-electron chi connectivity index (χ4n) is 5.43. The van der Waals surface area contributed by atoms with Gasteiger partial charge in [0, 0.05) is 11.0 Å². The molecule has 0 unspecified atom stereocenters. The number of fused-ring (bicyclic) bond motifs is 5. The highest BCUT2D eigenvalue weighted by molar-refractivity contribution is 5.42. The van der Waals surface area contributed by atoms with E-state index in [-0.39, 0.29) is 5.41 Å². The highest BCUT2D eigenvalue weighted by Crippen LogP contribution is 2.60. The molecule has 0 amide bonds. The summed E-state index contributed by atoms with van der Waals surface area (Å²) in [4.78, 5) is 0. The van der Waals surface area contributed by atoms with Gasteiger partial charge in [-0.3, -0.25) is 0 Å². The molecule has 1 aromatic carbocycles. The summed E-state index contributed by atoms with van der Waals surface area (Å²) in [5, 5.41) is 9.45. The largest absolute Gasteiger partial charge is 0.497 e. The molecule has 0 heterocycles. The van der Waals surface area contributed by atoms with Crippen LogP contribution in [0.1, 0.15) is 49.7 Å². The van der Waals surface area contributed by atoms with Crippen molar-refractivity contribution >= 4 is 0 Å². The zero-order chi connectivity index (χ0) is 15.3. The van der Waals surface area contributed by atoms with Gasteiger partial charge in [-0.1, -0.05) is 19.1 Å². The Balaban J connectivity index is 1.69. The Morgan fingerprint density at radius 3 is 2.95 bits per heavy atom. The van der Waals surface area contributed by atoms with Crippen LogP contribution in [0.2, 0.25) is 0 Å². The summed E-state index contributed by atoms with van der Waals surface area (Å²) >= 11 is 0. The van der Waals surface area contributed by atoms with E-state index in [2.05, 4.69) is 37.3 Å². The zero-order valence-electron chi connectivity index (χ0n) is 13.4. The summed E-state index contributed by atoms with van der Waals surface area (Å²) in [6, 6.07) is 9.11. The summed E-state index contributed by atoms with van der Waals surface area (Å²) in [7, 11) is 1.74. The molecule has 2 heteroatoms. The van der Waals surface area contributed by atoms with Crippen molar-refractivity contribution in [2.24, 2.45) is 17.3 Å². The molecule has 3 aliphatic rings. The monoisotopic (exact) mass is 293 g/mol. The first-order valence-electron chi connectivity index (χ1n) is 8.45. The Hall–Kier alpha value is -1.75. The standard InChI is InChI=1S/C20H23NO/c1-20-10-9-17-16-7-5-15(22-2)11-13(16)3-6-18(17)19(20)8-4-14(20)12-21/h4-5,7,11,17-19H,3,6,8-10H2,1-2H3/t17-,18-,19+,20+/m1/s1. The van der Waals surface area contributed by atoms with Crippen LogP contribution in [0.5, 0.6) is 5.75 Å². The van der Waals surface area contributed by atoms with Gasteiger partial charge < -0.3 is 4.74 Å². The molecule has 22 heavy (non-hydrogen) atoms. The maximum atomic E-state index is 9.45. The van der Waals surface area contributed by atoms with E-state index >= 15 is 0 Å². The van der Waals surface area contributed by atoms with Gasteiger partial charge in [0.05, 0.1) is 13.2 Å². The third-order valence-corrected chi connectivity index (χ3v) is 6.63. The van der Waals surface area contributed by atoms with Gasteiger partial charge in [-0.25, -0.2) is 0 Å². The van der Waals surface area contributed by atoms with Crippen molar-refractivity contribution in [1.29, 1.82) is 5.26 Å². The molecular weight excluding hydrogens is 270 g/mol. The number of rotatable bonds is 1. The van der Waals surface area contributed by atoms with Crippen LogP contribution in [-0.2, 0) is 6.42 Å². The van der Waals surface area contributed by atoms with E-state index < -0.39 is 0 Å². The van der Waals surface area contributed by atoms with Crippen LogP contribution in [0.15, 0.2) is 29.8 Å². The second-order valence-corrected chi connectivity index (χ2v) is 7.40. The number of aryl methyl sites for hydroxylation is 1. The minimum atomic E-state index is 0.139. The number of benzene rings is 1. The molecule has 0 aliphatic heterocycles. The maximum absolute atomic E-state index is 9.45. The fraction of sp³-hybridized carbons (Fsp3) is 0.550.